The Morgan fingerprint density at radius 3 is 2.80 bits per heavy atom. The van der Waals surface area contributed by atoms with Gasteiger partial charge in [0.05, 0.1) is 6.42 Å². The summed E-state index contributed by atoms with van der Waals surface area (Å²) in [5.74, 6) is 0.202. The highest BCUT2D eigenvalue weighted by molar-refractivity contribution is 5.85. The fourth-order valence-electron chi connectivity index (χ4n) is 3.03. The molecule has 1 fully saturated rings. The molecule has 2 aromatic carbocycles. The van der Waals surface area contributed by atoms with E-state index in [1.165, 1.54) is 10.8 Å². The van der Waals surface area contributed by atoms with Gasteiger partial charge in [0.25, 0.3) is 0 Å². The first-order valence-corrected chi connectivity index (χ1v) is 7.25. The van der Waals surface area contributed by atoms with Crippen LogP contribution < -0.4 is 5.73 Å². The topological polar surface area (TPSA) is 46.3 Å². The molecule has 0 aliphatic carbocycles. The number of carbonyl (C=O) groups is 1. The summed E-state index contributed by atoms with van der Waals surface area (Å²) in [4.78, 5) is 14.3. The van der Waals surface area contributed by atoms with Crippen molar-refractivity contribution in [2.24, 2.45) is 5.73 Å². The first-order valence-electron chi connectivity index (χ1n) is 7.25. The average molecular weight is 268 g/mol. The lowest BCUT2D eigenvalue weighted by molar-refractivity contribution is -0.131. The van der Waals surface area contributed by atoms with Crippen LogP contribution in [0.25, 0.3) is 10.8 Å². The van der Waals surface area contributed by atoms with Gasteiger partial charge in [0, 0.05) is 19.1 Å². The molecule has 2 N–H and O–H groups in total. The van der Waals surface area contributed by atoms with Gasteiger partial charge >= 0.3 is 0 Å². The third kappa shape index (κ3) is 2.54. The molecule has 1 aliphatic heterocycles. The third-order valence-electron chi connectivity index (χ3n) is 4.14. The summed E-state index contributed by atoms with van der Waals surface area (Å²) in [6.07, 6.45) is 2.59. The molecule has 1 heterocycles. The largest absolute Gasteiger partial charge is 0.338 e. The summed E-state index contributed by atoms with van der Waals surface area (Å²) in [5, 5.41) is 2.40. The summed E-state index contributed by atoms with van der Waals surface area (Å²) in [6.45, 7) is 1.43. The maximum absolute atomic E-state index is 12.4. The zero-order valence-corrected chi connectivity index (χ0v) is 11.6. The van der Waals surface area contributed by atoms with Gasteiger partial charge in [0.1, 0.15) is 0 Å². The van der Waals surface area contributed by atoms with Gasteiger partial charge in [-0.15, -0.1) is 0 Å². The summed E-state index contributed by atoms with van der Waals surface area (Å²) in [5.41, 5.74) is 6.82. The van der Waals surface area contributed by atoms with Crippen LogP contribution >= 0.6 is 0 Å². The van der Waals surface area contributed by atoms with Crippen molar-refractivity contribution in [3.8, 4) is 0 Å². The van der Waals surface area contributed by atoms with E-state index >= 15 is 0 Å². The molecule has 0 bridgehead atoms. The SMILES string of the molecule is NCC1CCCN1C(=O)Cc1ccc2ccccc2c1. The van der Waals surface area contributed by atoms with Crippen molar-refractivity contribution >= 4 is 16.7 Å². The van der Waals surface area contributed by atoms with Gasteiger partial charge in [-0.3, -0.25) is 4.79 Å². The molecule has 1 aliphatic rings. The molecule has 0 aromatic heterocycles. The van der Waals surface area contributed by atoms with Gasteiger partial charge < -0.3 is 10.6 Å². The Hall–Kier alpha value is -1.87. The Labute approximate surface area is 119 Å². The Morgan fingerprint density at radius 2 is 2.00 bits per heavy atom. The van der Waals surface area contributed by atoms with Crippen molar-refractivity contribution in [3.05, 3.63) is 48.0 Å². The van der Waals surface area contributed by atoms with E-state index in [-0.39, 0.29) is 11.9 Å². The van der Waals surface area contributed by atoms with E-state index in [1.807, 2.05) is 23.1 Å². The molecule has 1 atom stereocenters. The smallest absolute Gasteiger partial charge is 0.227 e. The quantitative estimate of drug-likeness (QED) is 0.928. The molecular formula is C17H20N2O. The maximum Gasteiger partial charge on any atom is 0.227 e. The third-order valence-corrected chi connectivity index (χ3v) is 4.14. The minimum absolute atomic E-state index is 0.202. The van der Waals surface area contributed by atoms with E-state index in [1.54, 1.807) is 0 Å². The van der Waals surface area contributed by atoms with E-state index in [2.05, 4.69) is 24.3 Å². The van der Waals surface area contributed by atoms with Crippen molar-refractivity contribution in [1.29, 1.82) is 0 Å². The highest BCUT2D eigenvalue weighted by atomic mass is 16.2. The zero-order valence-electron chi connectivity index (χ0n) is 11.6. The Kier molecular flexibility index (Phi) is 3.70. The van der Waals surface area contributed by atoms with Crippen LogP contribution in [0, 0.1) is 0 Å². The zero-order chi connectivity index (χ0) is 13.9. The van der Waals surface area contributed by atoms with E-state index in [0.29, 0.717) is 13.0 Å². The molecule has 2 aromatic rings. The number of hydrogen-bond acceptors (Lipinski definition) is 2. The lowest BCUT2D eigenvalue weighted by Crippen LogP contribution is -2.40. The first-order chi connectivity index (χ1) is 9.78. The van der Waals surface area contributed by atoms with E-state index in [0.717, 1.165) is 24.9 Å². The molecule has 1 amide bonds. The van der Waals surface area contributed by atoms with Crippen LogP contribution in [0.5, 0.6) is 0 Å². The standard InChI is InChI=1S/C17H20N2O/c18-12-16-6-3-9-19(16)17(20)11-13-7-8-14-4-1-2-5-15(14)10-13/h1-2,4-5,7-8,10,16H,3,6,9,11-12,18H2. The minimum atomic E-state index is 0.202. The molecule has 3 nitrogen and oxygen atoms in total. The number of nitrogens with zero attached hydrogens (tertiary/aromatic N) is 1. The van der Waals surface area contributed by atoms with Crippen molar-refractivity contribution in [1.82, 2.24) is 4.90 Å². The van der Waals surface area contributed by atoms with E-state index in [9.17, 15) is 4.79 Å². The van der Waals surface area contributed by atoms with Gasteiger partial charge in [-0.05, 0) is 29.2 Å². The number of amides is 1. The van der Waals surface area contributed by atoms with Crippen molar-refractivity contribution < 1.29 is 4.79 Å². The molecule has 1 saturated heterocycles. The van der Waals surface area contributed by atoms with E-state index < -0.39 is 0 Å². The van der Waals surface area contributed by atoms with Gasteiger partial charge in [-0.25, -0.2) is 0 Å². The second-order valence-electron chi connectivity index (χ2n) is 5.48. The van der Waals surface area contributed by atoms with Crippen LogP contribution in [0.2, 0.25) is 0 Å². The number of hydrogen-bond donors (Lipinski definition) is 1. The van der Waals surface area contributed by atoms with Crippen LogP contribution in [0.15, 0.2) is 42.5 Å². The molecule has 20 heavy (non-hydrogen) atoms. The van der Waals surface area contributed by atoms with Gasteiger partial charge in [-0.2, -0.15) is 0 Å². The van der Waals surface area contributed by atoms with Crippen LogP contribution in [-0.4, -0.2) is 29.9 Å². The van der Waals surface area contributed by atoms with Crippen LogP contribution in [0.1, 0.15) is 18.4 Å². The highest BCUT2D eigenvalue weighted by Crippen LogP contribution is 2.20. The summed E-state index contributed by atoms with van der Waals surface area (Å²) >= 11 is 0. The lowest BCUT2D eigenvalue weighted by atomic mass is 10.0. The predicted molar refractivity (Wildman–Crippen MR) is 81.4 cm³/mol. The lowest BCUT2D eigenvalue weighted by Gasteiger charge is -2.23. The Bertz CT molecular complexity index is 623. The van der Waals surface area contributed by atoms with E-state index in [4.69, 9.17) is 5.73 Å². The average Bonchev–Trinajstić information content (AvgIpc) is 2.95. The van der Waals surface area contributed by atoms with Gasteiger partial charge in [0.2, 0.25) is 5.91 Å². The van der Waals surface area contributed by atoms with Crippen molar-refractivity contribution in [2.45, 2.75) is 25.3 Å². The van der Waals surface area contributed by atoms with Crippen molar-refractivity contribution in [3.63, 3.8) is 0 Å². The molecule has 0 radical (unpaired) electrons. The van der Waals surface area contributed by atoms with Gasteiger partial charge in [-0.1, -0.05) is 42.5 Å². The fraction of sp³-hybridized carbons (Fsp3) is 0.353. The first kappa shape index (κ1) is 13.1. The van der Waals surface area contributed by atoms with Crippen LogP contribution in [-0.2, 0) is 11.2 Å². The molecule has 3 heteroatoms. The fourth-order valence-corrected chi connectivity index (χ4v) is 3.03. The minimum Gasteiger partial charge on any atom is -0.338 e. The summed E-state index contributed by atoms with van der Waals surface area (Å²) < 4.78 is 0. The molecule has 3 rings (SSSR count). The van der Waals surface area contributed by atoms with Crippen LogP contribution in [0.4, 0.5) is 0 Å². The summed E-state index contributed by atoms with van der Waals surface area (Å²) in [6, 6.07) is 14.7. The second kappa shape index (κ2) is 5.63. The van der Waals surface area contributed by atoms with Crippen molar-refractivity contribution in [2.75, 3.05) is 13.1 Å². The Balaban J connectivity index is 1.77. The molecule has 0 saturated carbocycles. The normalized spacial score (nSPS) is 18.6. The number of likely N-dealkylation sites (tertiary alicyclic amines) is 1. The number of benzene rings is 2. The monoisotopic (exact) mass is 268 g/mol. The summed E-state index contributed by atoms with van der Waals surface area (Å²) in [7, 11) is 0. The maximum atomic E-state index is 12.4. The second-order valence-corrected chi connectivity index (χ2v) is 5.48. The number of carbonyl (C=O) groups excluding carboxylic acids is 1. The van der Waals surface area contributed by atoms with Crippen LogP contribution in [0.3, 0.4) is 0 Å². The van der Waals surface area contributed by atoms with Gasteiger partial charge in [0.15, 0.2) is 0 Å². The number of rotatable bonds is 3. The predicted octanol–water partition coefficient (Wildman–Crippen LogP) is 2.33. The Morgan fingerprint density at radius 1 is 1.20 bits per heavy atom. The molecule has 0 spiro atoms. The highest BCUT2D eigenvalue weighted by Gasteiger charge is 2.27. The number of fused-ring (bicyclic) bond motifs is 1. The molecule has 104 valence electrons. The molecule has 1 unspecified atom stereocenters. The molecular weight excluding hydrogens is 248 g/mol. The number of nitrogens with two attached hydrogens (primary N) is 1.